The quantitative estimate of drug-likeness (QED) is 0.722. The number of benzene rings is 2. The number of hydrogen-bond acceptors (Lipinski definition) is 3. The summed E-state index contributed by atoms with van der Waals surface area (Å²) in [5, 5.41) is 2.36. The molecule has 0 N–H and O–H groups in total. The summed E-state index contributed by atoms with van der Waals surface area (Å²) in [7, 11) is 3.97. The zero-order valence-corrected chi connectivity index (χ0v) is 15.2. The molecular formula is C22H23N3O. The molecule has 0 radical (unpaired) electrons. The smallest absolute Gasteiger partial charge is 0.253 e. The minimum Gasteiger partial charge on any atom is -0.378 e. The van der Waals surface area contributed by atoms with E-state index in [4.69, 9.17) is 0 Å². The molecule has 0 aliphatic carbocycles. The molecule has 1 aliphatic heterocycles. The third-order valence-corrected chi connectivity index (χ3v) is 5.16. The van der Waals surface area contributed by atoms with E-state index in [1.54, 1.807) is 0 Å². The maximum absolute atomic E-state index is 12.9. The second kappa shape index (κ2) is 6.79. The minimum atomic E-state index is 0.108. The van der Waals surface area contributed by atoms with E-state index in [2.05, 4.69) is 23.2 Å². The van der Waals surface area contributed by atoms with Gasteiger partial charge in [0.1, 0.15) is 0 Å². The molecule has 1 aromatic heterocycles. The van der Waals surface area contributed by atoms with Gasteiger partial charge in [-0.05, 0) is 36.1 Å². The monoisotopic (exact) mass is 345 g/mol. The van der Waals surface area contributed by atoms with Gasteiger partial charge in [-0.25, -0.2) is 0 Å². The van der Waals surface area contributed by atoms with Gasteiger partial charge < -0.3 is 9.80 Å². The molecule has 1 atom stereocenters. The first-order valence-electron chi connectivity index (χ1n) is 9.03. The van der Waals surface area contributed by atoms with Crippen molar-refractivity contribution in [2.45, 2.75) is 12.3 Å². The highest BCUT2D eigenvalue weighted by atomic mass is 16.2. The fourth-order valence-corrected chi connectivity index (χ4v) is 3.61. The Kier molecular flexibility index (Phi) is 4.33. The number of hydrogen-bond donors (Lipinski definition) is 0. The highest BCUT2D eigenvalue weighted by molar-refractivity contribution is 5.95. The second-order valence-corrected chi connectivity index (χ2v) is 7.14. The maximum atomic E-state index is 12.9. The number of carbonyl (C=O) groups is 1. The van der Waals surface area contributed by atoms with Crippen LogP contribution in [0.15, 0.2) is 60.8 Å². The molecule has 4 heteroatoms. The van der Waals surface area contributed by atoms with Crippen molar-refractivity contribution in [3.05, 3.63) is 72.1 Å². The number of anilines is 1. The Bertz CT molecular complexity index is 951. The number of pyridine rings is 1. The van der Waals surface area contributed by atoms with Crippen LogP contribution in [0.5, 0.6) is 0 Å². The molecule has 0 bridgehead atoms. The van der Waals surface area contributed by atoms with Crippen molar-refractivity contribution < 1.29 is 4.79 Å². The number of fused-ring (bicyclic) bond motifs is 1. The lowest BCUT2D eigenvalue weighted by Gasteiger charge is -2.18. The van der Waals surface area contributed by atoms with E-state index in [0.29, 0.717) is 5.92 Å². The number of rotatable bonds is 3. The topological polar surface area (TPSA) is 36.4 Å². The van der Waals surface area contributed by atoms with Crippen molar-refractivity contribution in [2.24, 2.45) is 0 Å². The van der Waals surface area contributed by atoms with E-state index < -0.39 is 0 Å². The first-order chi connectivity index (χ1) is 12.6. The van der Waals surface area contributed by atoms with Crippen LogP contribution in [-0.4, -0.2) is 43.0 Å². The Hall–Kier alpha value is -2.88. The van der Waals surface area contributed by atoms with Gasteiger partial charge in [-0.1, -0.05) is 30.3 Å². The SMILES string of the molecule is CN(C)c1cccc(C(=O)N2CC[C@H](c3cc4ccccc4cn3)C2)c1. The zero-order chi connectivity index (χ0) is 18.1. The van der Waals surface area contributed by atoms with Crippen LogP contribution >= 0.6 is 0 Å². The number of nitrogens with zero attached hydrogens (tertiary/aromatic N) is 3. The summed E-state index contributed by atoms with van der Waals surface area (Å²) >= 11 is 0. The first-order valence-corrected chi connectivity index (χ1v) is 9.03. The van der Waals surface area contributed by atoms with Crippen LogP contribution in [0.25, 0.3) is 10.8 Å². The van der Waals surface area contributed by atoms with Crippen LogP contribution in [0, 0.1) is 0 Å². The van der Waals surface area contributed by atoms with Gasteiger partial charge in [0.15, 0.2) is 0 Å². The summed E-state index contributed by atoms with van der Waals surface area (Å²) in [6, 6.07) is 18.3. The van der Waals surface area contributed by atoms with Gasteiger partial charge in [-0.15, -0.1) is 0 Å². The second-order valence-electron chi connectivity index (χ2n) is 7.14. The third kappa shape index (κ3) is 3.15. The molecular weight excluding hydrogens is 322 g/mol. The average Bonchev–Trinajstić information content (AvgIpc) is 3.17. The van der Waals surface area contributed by atoms with Gasteiger partial charge in [0.2, 0.25) is 0 Å². The fourth-order valence-electron chi connectivity index (χ4n) is 3.61. The summed E-state index contributed by atoms with van der Waals surface area (Å²) in [6.45, 7) is 1.51. The van der Waals surface area contributed by atoms with Gasteiger partial charge in [0.05, 0.1) is 0 Å². The Morgan fingerprint density at radius 2 is 1.88 bits per heavy atom. The number of amides is 1. The molecule has 4 nitrogen and oxygen atoms in total. The van der Waals surface area contributed by atoms with Crippen LogP contribution in [0.3, 0.4) is 0 Å². The molecule has 26 heavy (non-hydrogen) atoms. The number of likely N-dealkylation sites (tertiary alicyclic amines) is 1. The van der Waals surface area contributed by atoms with Crippen molar-refractivity contribution in [1.82, 2.24) is 9.88 Å². The largest absolute Gasteiger partial charge is 0.378 e. The summed E-state index contributed by atoms with van der Waals surface area (Å²) in [6.07, 6.45) is 2.90. The summed E-state index contributed by atoms with van der Waals surface area (Å²) < 4.78 is 0. The Balaban J connectivity index is 1.52. The summed E-state index contributed by atoms with van der Waals surface area (Å²) in [5.41, 5.74) is 2.88. The van der Waals surface area contributed by atoms with Crippen molar-refractivity contribution in [3.8, 4) is 0 Å². The molecule has 4 rings (SSSR count). The standard InChI is InChI=1S/C22H23N3O/c1-24(2)20-9-5-8-17(12-20)22(26)25-11-10-19(15-25)21-13-16-6-3-4-7-18(16)14-23-21/h3-9,12-14,19H,10-11,15H2,1-2H3/t19-/m0/s1. The van der Waals surface area contributed by atoms with Gasteiger partial charge in [0, 0.05) is 61.6 Å². The van der Waals surface area contributed by atoms with Crippen molar-refractivity contribution in [3.63, 3.8) is 0 Å². The van der Waals surface area contributed by atoms with Crippen molar-refractivity contribution in [1.29, 1.82) is 0 Å². The number of aromatic nitrogens is 1. The van der Waals surface area contributed by atoms with Gasteiger partial charge in [0.25, 0.3) is 5.91 Å². The lowest BCUT2D eigenvalue weighted by molar-refractivity contribution is 0.0790. The van der Waals surface area contributed by atoms with Gasteiger partial charge in [-0.3, -0.25) is 9.78 Å². The zero-order valence-electron chi connectivity index (χ0n) is 15.2. The Labute approximate surface area is 154 Å². The summed E-state index contributed by atoms with van der Waals surface area (Å²) in [5.74, 6) is 0.414. The predicted molar refractivity (Wildman–Crippen MR) is 106 cm³/mol. The summed E-state index contributed by atoms with van der Waals surface area (Å²) in [4.78, 5) is 21.5. The fraction of sp³-hybridized carbons (Fsp3) is 0.273. The number of carbonyl (C=O) groups excluding carboxylic acids is 1. The Morgan fingerprint density at radius 1 is 1.08 bits per heavy atom. The molecule has 3 aromatic rings. The van der Waals surface area contributed by atoms with Crippen LogP contribution in [-0.2, 0) is 0 Å². The molecule has 2 aromatic carbocycles. The molecule has 1 saturated heterocycles. The van der Waals surface area contributed by atoms with Crippen LogP contribution in [0.4, 0.5) is 5.69 Å². The predicted octanol–water partition coefficient (Wildman–Crippen LogP) is 3.93. The molecule has 132 valence electrons. The highest BCUT2D eigenvalue weighted by Gasteiger charge is 2.29. The van der Waals surface area contributed by atoms with E-state index in [-0.39, 0.29) is 5.91 Å². The normalized spacial score (nSPS) is 16.8. The van der Waals surface area contributed by atoms with E-state index in [1.807, 2.05) is 66.5 Å². The lowest BCUT2D eigenvalue weighted by Crippen LogP contribution is -2.28. The van der Waals surface area contributed by atoms with Crippen LogP contribution in [0.2, 0.25) is 0 Å². The molecule has 2 heterocycles. The van der Waals surface area contributed by atoms with E-state index in [0.717, 1.165) is 41.8 Å². The average molecular weight is 345 g/mol. The van der Waals surface area contributed by atoms with Crippen molar-refractivity contribution in [2.75, 3.05) is 32.1 Å². The molecule has 1 fully saturated rings. The molecule has 0 unspecified atom stereocenters. The lowest BCUT2D eigenvalue weighted by atomic mass is 10.0. The van der Waals surface area contributed by atoms with Crippen molar-refractivity contribution >= 4 is 22.4 Å². The highest BCUT2D eigenvalue weighted by Crippen LogP contribution is 2.29. The van der Waals surface area contributed by atoms with Gasteiger partial charge >= 0.3 is 0 Å². The van der Waals surface area contributed by atoms with E-state index in [9.17, 15) is 4.79 Å². The third-order valence-electron chi connectivity index (χ3n) is 5.16. The molecule has 1 aliphatic rings. The van der Waals surface area contributed by atoms with Crippen LogP contribution in [0.1, 0.15) is 28.4 Å². The van der Waals surface area contributed by atoms with E-state index in [1.165, 1.54) is 5.39 Å². The molecule has 0 spiro atoms. The van der Waals surface area contributed by atoms with E-state index >= 15 is 0 Å². The Morgan fingerprint density at radius 3 is 2.69 bits per heavy atom. The molecule has 0 saturated carbocycles. The maximum Gasteiger partial charge on any atom is 0.253 e. The minimum absolute atomic E-state index is 0.108. The first kappa shape index (κ1) is 16.6. The van der Waals surface area contributed by atoms with Gasteiger partial charge in [-0.2, -0.15) is 0 Å². The molecule has 1 amide bonds. The van der Waals surface area contributed by atoms with Crippen LogP contribution < -0.4 is 4.90 Å².